The quantitative estimate of drug-likeness (QED) is 0.0164. The van der Waals surface area contributed by atoms with Crippen LogP contribution in [0.25, 0.3) is 0 Å². The molecule has 18 heteroatoms. The van der Waals surface area contributed by atoms with Crippen molar-refractivity contribution in [2.45, 2.75) is 111 Å². The molecule has 0 aromatic heterocycles. The van der Waals surface area contributed by atoms with Gasteiger partial charge in [-0.3, -0.25) is 34.3 Å². The SMILES string of the molecule is CC(=O)O[C@@H]([C@H](C[C@@H](O)C[N+]([O-])=NO)NC(=O)C[C@@H](C)OC(=N)[C@H](C)N(C)C)C(C)(C)C(=O)O[C@H](C(O)=C1C(=O)[C@H](C)N(C)C1=O)C(C)C. The minimum Gasteiger partial charge on any atom is -0.597 e. The van der Waals surface area contributed by atoms with Crippen molar-refractivity contribution in [3.05, 3.63) is 16.5 Å². The van der Waals surface area contributed by atoms with Gasteiger partial charge in [-0.25, -0.2) is 0 Å². The Bertz CT molecular complexity index is 1290. The Morgan fingerprint density at radius 3 is 2.16 bits per heavy atom. The summed E-state index contributed by atoms with van der Waals surface area (Å²) in [5.74, 6) is -5.56. The molecule has 278 valence electrons. The highest BCUT2D eigenvalue weighted by Crippen LogP contribution is 2.33. The molecule has 49 heavy (non-hydrogen) atoms. The minimum absolute atomic E-state index is 0.0951. The normalized spacial score (nSPS) is 20.3. The Labute approximate surface area is 286 Å². The van der Waals surface area contributed by atoms with Crippen molar-refractivity contribution < 1.29 is 58.5 Å². The van der Waals surface area contributed by atoms with Crippen molar-refractivity contribution in [2.24, 2.45) is 16.6 Å². The van der Waals surface area contributed by atoms with Crippen LogP contribution in [0.15, 0.2) is 16.6 Å². The van der Waals surface area contributed by atoms with Gasteiger partial charge >= 0.3 is 11.9 Å². The van der Waals surface area contributed by atoms with E-state index >= 15 is 0 Å². The van der Waals surface area contributed by atoms with Gasteiger partial charge < -0.3 is 45.1 Å². The lowest BCUT2D eigenvalue weighted by molar-refractivity contribution is -0.563. The fourth-order valence-corrected chi connectivity index (χ4v) is 4.98. The van der Waals surface area contributed by atoms with Crippen molar-refractivity contribution in [3.8, 4) is 0 Å². The molecule has 7 atom stereocenters. The van der Waals surface area contributed by atoms with Gasteiger partial charge in [0.15, 0.2) is 23.1 Å². The van der Waals surface area contributed by atoms with Crippen molar-refractivity contribution in [3.63, 3.8) is 0 Å². The monoisotopic (exact) mass is 700 g/mol. The number of likely N-dealkylation sites (N-methyl/N-ethyl adjacent to an activating group) is 2. The summed E-state index contributed by atoms with van der Waals surface area (Å²) in [4.78, 5) is 67.7. The highest BCUT2D eigenvalue weighted by molar-refractivity contribution is 6.26. The first-order chi connectivity index (χ1) is 22.5. The number of carbonyl (C=O) groups is 5. The smallest absolute Gasteiger partial charge is 0.316 e. The molecular weight excluding hydrogens is 648 g/mol. The van der Waals surface area contributed by atoms with E-state index in [4.69, 9.17) is 24.8 Å². The van der Waals surface area contributed by atoms with Gasteiger partial charge in [0.1, 0.15) is 35.1 Å². The number of Topliss-reactive ketones (excluding diaryl/α,β-unsaturated/α-hetero) is 1. The number of aliphatic hydroxyl groups is 2. The van der Waals surface area contributed by atoms with Gasteiger partial charge in [-0.2, -0.15) is 0 Å². The average molecular weight is 701 g/mol. The minimum atomic E-state index is -1.85. The van der Waals surface area contributed by atoms with E-state index in [1.165, 1.54) is 27.8 Å². The Kier molecular flexibility index (Phi) is 15.6. The summed E-state index contributed by atoms with van der Waals surface area (Å²) in [7, 11) is 4.89. The number of ketones is 1. The molecule has 1 aliphatic heterocycles. The second-order valence-corrected chi connectivity index (χ2v) is 13.4. The molecule has 1 fully saturated rings. The maximum absolute atomic E-state index is 13.9. The molecule has 0 aliphatic carbocycles. The maximum Gasteiger partial charge on any atom is 0.316 e. The number of aliphatic hydroxyl groups excluding tert-OH is 2. The van der Waals surface area contributed by atoms with Gasteiger partial charge in [-0.05, 0) is 54.6 Å². The van der Waals surface area contributed by atoms with Gasteiger partial charge in [0.25, 0.3) is 5.91 Å². The first kappa shape index (κ1) is 42.7. The zero-order valence-electron chi connectivity index (χ0n) is 30.0. The van der Waals surface area contributed by atoms with Crippen molar-refractivity contribution in [2.75, 3.05) is 27.7 Å². The lowest BCUT2D eigenvalue weighted by Crippen LogP contribution is -2.56. The van der Waals surface area contributed by atoms with Gasteiger partial charge in [0.2, 0.25) is 12.5 Å². The van der Waals surface area contributed by atoms with Crippen molar-refractivity contribution in [1.82, 2.24) is 15.1 Å². The van der Waals surface area contributed by atoms with E-state index in [1.54, 1.807) is 46.7 Å². The van der Waals surface area contributed by atoms with E-state index in [2.05, 4.69) is 10.6 Å². The highest BCUT2D eigenvalue weighted by atomic mass is 16.6. The number of ether oxygens (including phenoxy) is 3. The summed E-state index contributed by atoms with van der Waals surface area (Å²) in [5, 5.41) is 55.4. The summed E-state index contributed by atoms with van der Waals surface area (Å²) < 4.78 is 16.8. The van der Waals surface area contributed by atoms with E-state index in [-0.39, 0.29) is 23.2 Å². The number of amides is 2. The molecule has 0 spiro atoms. The number of hydrogen-bond acceptors (Lipinski definition) is 14. The molecular formula is C31H52N6O12. The molecule has 18 nitrogen and oxygen atoms in total. The van der Waals surface area contributed by atoms with Crippen LogP contribution in [0.4, 0.5) is 0 Å². The zero-order chi connectivity index (χ0) is 38.1. The summed E-state index contributed by atoms with van der Waals surface area (Å²) >= 11 is 0. The number of esters is 2. The molecule has 1 heterocycles. The zero-order valence-corrected chi connectivity index (χ0v) is 30.0. The Morgan fingerprint density at radius 2 is 1.71 bits per heavy atom. The predicted molar refractivity (Wildman–Crippen MR) is 172 cm³/mol. The fraction of sp³-hybridized carbons (Fsp3) is 0.742. The Balaban J connectivity index is 3.52. The number of nitrogens with zero attached hydrogens (tertiary/aromatic N) is 4. The number of rotatable bonds is 17. The first-order valence-corrected chi connectivity index (χ1v) is 15.8. The standard InChI is InChI=1S/C31H52N6O12/c1-15(2)26(25(42)23-24(41)17(4)36(11)29(23)43)49-30(44)31(7,8)27(48-19(6)38)21(13-20(39)14-37(46)34-45)33-22(40)12-16(3)47-28(32)18(5)35(9)10/h15-18,20-21,26-27,32,39,42,45H,12-14H2,1-11H3,(H,33,40)/t16-,17+,18+,20-,21+,26+,27+/m1/s1. The molecule has 2 amide bonds. The van der Waals surface area contributed by atoms with Crippen LogP contribution in [0.1, 0.15) is 68.2 Å². The molecule has 1 aliphatic rings. The van der Waals surface area contributed by atoms with Crippen LogP contribution in [-0.2, 0) is 38.2 Å². The lowest BCUT2D eigenvalue weighted by atomic mass is 9.80. The van der Waals surface area contributed by atoms with Gasteiger partial charge in [0.05, 0.1) is 24.5 Å². The highest BCUT2D eigenvalue weighted by Gasteiger charge is 2.49. The van der Waals surface area contributed by atoms with Crippen LogP contribution in [0.2, 0.25) is 0 Å². The molecule has 1 rings (SSSR count). The second-order valence-electron chi connectivity index (χ2n) is 13.4. The van der Waals surface area contributed by atoms with Crippen LogP contribution < -0.4 is 5.32 Å². The summed E-state index contributed by atoms with van der Waals surface area (Å²) in [6, 6.07) is -2.61. The topological polar surface area (TPSA) is 255 Å². The number of carbonyl (C=O) groups excluding carboxylic acids is 5. The summed E-state index contributed by atoms with van der Waals surface area (Å²) in [5.41, 5.74) is -2.37. The second kappa shape index (κ2) is 17.9. The number of likely N-dealkylation sites (tertiary alicyclic amines) is 1. The maximum atomic E-state index is 13.9. The molecule has 5 N–H and O–H groups in total. The molecule has 0 bridgehead atoms. The van der Waals surface area contributed by atoms with E-state index < -0.39 is 102 Å². The predicted octanol–water partition coefficient (Wildman–Crippen LogP) is 1.06. The van der Waals surface area contributed by atoms with E-state index in [0.717, 1.165) is 11.8 Å². The van der Waals surface area contributed by atoms with Crippen LogP contribution in [-0.4, -0.2) is 136 Å². The molecule has 1 saturated heterocycles. The summed E-state index contributed by atoms with van der Waals surface area (Å²) in [6.07, 6.45) is -6.24. The van der Waals surface area contributed by atoms with Gasteiger partial charge in [-0.15, -0.1) is 0 Å². The van der Waals surface area contributed by atoms with E-state index in [0.29, 0.717) is 0 Å². The van der Waals surface area contributed by atoms with Crippen LogP contribution in [0.5, 0.6) is 0 Å². The first-order valence-electron chi connectivity index (χ1n) is 15.8. The lowest BCUT2D eigenvalue weighted by Gasteiger charge is -2.38. The van der Waals surface area contributed by atoms with Crippen LogP contribution in [0, 0.1) is 21.9 Å². The third-order valence-corrected chi connectivity index (χ3v) is 8.30. The largest absolute Gasteiger partial charge is 0.597 e. The van der Waals surface area contributed by atoms with Crippen molar-refractivity contribution in [1.29, 1.82) is 5.41 Å². The van der Waals surface area contributed by atoms with Crippen LogP contribution >= 0.6 is 0 Å². The van der Waals surface area contributed by atoms with E-state index in [1.807, 2.05) is 0 Å². The molecule has 0 radical (unpaired) electrons. The number of nitrogens with one attached hydrogen (secondary N) is 2. The van der Waals surface area contributed by atoms with Crippen LogP contribution in [0.3, 0.4) is 0 Å². The molecule has 0 unspecified atom stereocenters. The molecule has 0 aromatic rings. The van der Waals surface area contributed by atoms with E-state index in [9.17, 15) is 39.4 Å². The Morgan fingerprint density at radius 1 is 1.14 bits per heavy atom. The third kappa shape index (κ3) is 11.4. The fourth-order valence-electron chi connectivity index (χ4n) is 4.98. The van der Waals surface area contributed by atoms with Gasteiger partial charge in [0, 0.05) is 20.4 Å². The van der Waals surface area contributed by atoms with Crippen molar-refractivity contribution >= 4 is 35.4 Å². The molecule has 0 saturated carbocycles. The average Bonchev–Trinajstić information content (AvgIpc) is 3.18. The summed E-state index contributed by atoms with van der Waals surface area (Å²) in [6.45, 7) is 10.8. The third-order valence-electron chi connectivity index (χ3n) is 8.30. The number of hydrogen-bond donors (Lipinski definition) is 5. The van der Waals surface area contributed by atoms with Gasteiger partial charge in [-0.1, -0.05) is 18.7 Å². The number of hydroxylamine groups is 1. The molecule has 0 aromatic carbocycles. The Hall–Kier alpha value is -4.32.